The molecule has 13 heteroatoms. The number of hydrogen-bond acceptors (Lipinski definition) is 9. The molecule has 3 aromatic carbocycles. The van der Waals surface area contributed by atoms with Crippen LogP contribution in [0.25, 0.3) is 77.6 Å². The normalized spacial score (nSPS) is 11.4. The molecule has 11 aromatic rings. The largest absolute Gasteiger partial charge is 0.361 e. The maximum absolute atomic E-state index is 6.00. The molecule has 0 atom stereocenters. The maximum Gasteiger partial charge on any atom is 0.179 e. The van der Waals surface area contributed by atoms with Crippen LogP contribution in [0.2, 0.25) is 5.15 Å². The fraction of sp³-hybridized carbons (Fsp3) is 0.0465. The third-order valence-corrected chi connectivity index (χ3v) is 9.80. The summed E-state index contributed by atoms with van der Waals surface area (Å²) in [5.41, 5.74) is 12.0. The summed E-state index contributed by atoms with van der Waals surface area (Å²) in [6.07, 6.45) is 7.22. The van der Waals surface area contributed by atoms with Crippen LogP contribution in [-0.2, 0) is 13.1 Å². The highest BCUT2D eigenvalue weighted by Gasteiger charge is 2.12. The summed E-state index contributed by atoms with van der Waals surface area (Å²) in [6, 6.07) is 40.3. The van der Waals surface area contributed by atoms with E-state index in [9.17, 15) is 0 Å². The number of hydrogen-bond donors (Lipinski definition) is 1. The Morgan fingerprint density at radius 1 is 0.500 bits per heavy atom. The molecule has 56 heavy (non-hydrogen) atoms. The third-order valence-electron chi connectivity index (χ3n) is 9.59. The highest BCUT2D eigenvalue weighted by Crippen LogP contribution is 2.26. The number of benzene rings is 3. The molecule has 0 fully saturated rings. The molecule has 0 aliphatic carbocycles. The molecule has 0 aliphatic heterocycles. The molecule has 268 valence electrons. The number of fused-ring (bicyclic) bond motifs is 5. The Labute approximate surface area is 323 Å². The van der Waals surface area contributed by atoms with Crippen LogP contribution in [0.1, 0.15) is 11.1 Å². The third kappa shape index (κ3) is 6.54. The van der Waals surface area contributed by atoms with Gasteiger partial charge >= 0.3 is 0 Å². The molecule has 8 aromatic heterocycles. The SMILES string of the molecule is Clc1cc(-c2ccc3nnn(Cc4ccc5ncccc5c4)c3n2)ccn1.c1cnc2ccc(Cn3nnc4ccc(-c5ccc6cc[nH]c6c5)nc43)cc2c1. The fourth-order valence-corrected chi connectivity index (χ4v) is 6.98. The van der Waals surface area contributed by atoms with Crippen LogP contribution in [0.4, 0.5) is 0 Å². The van der Waals surface area contributed by atoms with Crippen LogP contribution in [0, 0.1) is 0 Å². The van der Waals surface area contributed by atoms with Gasteiger partial charge in [0.2, 0.25) is 0 Å². The first kappa shape index (κ1) is 33.2. The van der Waals surface area contributed by atoms with Crippen LogP contribution in [-0.4, -0.2) is 59.9 Å². The number of nitrogens with one attached hydrogen (secondary N) is 1. The Morgan fingerprint density at radius 3 is 1.70 bits per heavy atom. The molecule has 11 rings (SSSR count). The van der Waals surface area contributed by atoms with E-state index >= 15 is 0 Å². The summed E-state index contributed by atoms with van der Waals surface area (Å²) in [7, 11) is 0. The van der Waals surface area contributed by atoms with E-state index in [1.165, 1.54) is 5.39 Å². The van der Waals surface area contributed by atoms with Crippen molar-refractivity contribution in [3.05, 3.63) is 162 Å². The monoisotopic (exact) mass is 748 g/mol. The highest BCUT2D eigenvalue weighted by atomic mass is 35.5. The Hall–Kier alpha value is -7.44. The summed E-state index contributed by atoms with van der Waals surface area (Å²) in [4.78, 5) is 25.6. The highest BCUT2D eigenvalue weighted by molar-refractivity contribution is 6.29. The quantitative estimate of drug-likeness (QED) is 0.165. The smallest absolute Gasteiger partial charge is 0.179 e. The van der Waals surface area contributed by atoms with Gasteiger partial charge in [0.1, 0.15) is 16.2 Å². The molecule has 0 saturated heterocycles. The number of rotatable bonds is 6. The maximum atomic E-state index is 6.00. The standard InChI is InChI=1S/C23H16N6.C20H13ClN6/c1-2-17-12-15(3-6-19(17)24-10-1)14-29-23-21(27-28-29)8-7-20(26-23)18-5-4-16-9-11-25-22(16)13-18;21-19-11-15(7-9-23-19)17-5-6-18-20(24-17)27(26-25-18)12-13-3-4-16-14(10-13)2-1-8-22-16/h1-13,25H,14H2;1-11H,12H2. The summed E-state index contributed by atoms with van der Waals surface area (Å²) in [5, 5.41) is 21.0. The van der Waals surface area contributed by atoms with Crippen molar-refractivity contribution in [2.75, 3.05) is 0 Å². The van der Waals surface area contributed by atoms with Crippen molar-refractivity contribution in [2.24, 2.45) is 0 Å². The van der Waals surface area contributed by atoms with Gasteiger partial charge in [0.15, 0.2) is 11.3 Å². The zero-order valence-corrected chi connectivity index (χ0v) is 30.3. The predicted octanol–water partition coefficient (Wildman–Crippen LogP) is 8.71. The molecule has 1 N–H and O–H groups in total. The first-order valence-electron chi connectivity index (χ1n) is 17.9. The summed E-state index contributed by atoms with van der Waals surface area (Å²) in [6.45, 7) is 1.18. The van der Waals surface area contributed by atoms with Gasteiger partial charge < -0.3 is 4.98 Å². The van der Waals surface area contributed by atoms with E-state index in [4.69, 9.17) is 21.6 Å². The summed E-state index contributed by atoms with van der Waals surface area (Å²) in [5.74, 6) is 0. The van der Waals surface area contributed by atoms with E-state index in [0.29, 0.717) is 18.2 Å². The van der Waals surface area contributed by atoms with Crippen molar-refractivity contribution < 1.29 is 0 Å². The first-order chi connectivity index (χ1) is 27.6. The van der Waals surface area contributed by atoms with Crippen molar-refractivity contribution in [1.82, 2.24) is 59.9 Å². The molecule has 0 spiro atoms. The van der Waals surface area contributed by atoms with Gasteiger partial charge in [0.05, 0.1) is 35.5 Å². The molecular formula is C43H29ClN12. The first-order valence-corrected chi connectivity index (χ1v) is 18.2. The molecule has 0 saturated carbocycles. The van der Waals surface area contributed by atoms with Crippen molar-refractivity contribution in [3.8, 4) is 22.5 Å². The van der Waals surface area contributed by atoms with Crippen molar-refractivity contribution in [2.45, 2.75) is 13.1 Å². The van der Waals surface area contributed by atoms with Crippen LogP contribution < -0.4 is 0 Å². The minimum atomic E-state index is 0.436. The van der Waals surface area contributed by atoms with Gasteiger partial charge in [0.25, 0.3) is 0 Å². The zero-order chi connectivity index (χ0) is 37.4. The van der Waals surface area contributed by atoms with Gasteiger partial charge in [-0.3, -0.25) is 9.97 Å². The van der Waals surface area contributed by atoms with Gasteiger partial charge in [-0.1, -0.05) is 58.4 Å². The molecule has 0 amide bonds. The van der Waals surface area contributed by atoms with E-state index in [1.807, 2.05) is 71.7 Å². The Bertz CT molecular complexity index is 3200. The van der Waals surface area contributed by atoms with Crippen LogP contribution >= 0.6 is 11.6 Å². The topological polar surface area (TPSA) is 142 Å². The molecule has 0 aliphatic rings. The number of pyridine rings is 5. The second-order valence-corrected chi connectivity index (χ2v) is 13.7. The molecule has 12 nitrogen and oxygen atoms in total. The lowest BCUT2D eigenvalue weighted by Gasteiger charge is -2.06. The van der Waals surface area contributed by atoms with E-state index < -0.39 is 0 Å². The predicted molar refractivity (Wildman–Crippen MR) is 218 cm³/mol. The fourth-order valence-electron chi connectivity index (χ4n) is 6.80. The molecule has 0 unspecified atom stereocenters. The van der Waals surface area contributed by atoms with Crippen LogP contribution in [0.3, 0.4) is 0 Å². The van der Waals surface area contributed by atoms with Gasteiger partial charge in [-0.25, -0.2) is 24.3 Å². The molecule has 0 bridgehead atoms. The number of H-pyrrole nitrogens is 1. The van der Waals surface area contributed by atoms with E-state index in [1.54, 1.807) is 23.1 Å². The number of aromatic nitrogens is 12. The van der Waals surface area contributed by atoms with Crippen molar-refractivity contribution in [1.29, 1.82) is 0 Å². The van der Waals surface area contributed by atoms with Gasteiger partial charge in [-0.05, 0) is 101 Å². The second-order valence-electron chi connectivity index (χ2n) is 13.3. The van der Waals surface area contributed by atoms with Crippen LogP contribution in [0.15, 0.2) is 146 Å². The summed E-state index contributed by atoms with van der Waals surface area (Å²) >= 11 is 6.00. The number of aromatic amines is 1. The average Bonchev–Trinajstić information content (AvgIpc) is 3.99. The molecule has 0 radical (unpaired) electrons. The molecular weight excluding hydrogens is 720 g/mol. The number of nitrogens with zero attached hydrogens (tertiary/aromatic N) is 11. The average molecular weight is 749 g/mol. The van der Waals surface area contributed by atoms with E-state index in [-0.39, 0.29) is 0 Å². The van der Waals surface area contributed by atoms with Crippen molar-refractivity contribution in [3.63, 3.8) is 0 Å². The minimum Gasteiger partial charge on any atom is -0.361 e. The van der Waals surface area contributed by atoms with Gasteiger partial charge in [-0.15, -0.1) is 10.2 Å². The van der Waals surface area contributed by atoms with Crippen molar-refractivity contribution >= 4 is 66.6 Å². The van der Waals surface area contributed by atoms with Gasteiger partial charge in [-0.2, -0.15) is 0 Å². The number of halogens is 1. The lowest BCUT2D eigenvalue weighted by molar-refractivity contribution is 0.665. The van der Waals surface area contributed by atoms with E-state index in [0.717, 1.165) is 83.3 Å². The minimum absolute atomic E-state index is 0.436. The van der Waals surface area contributed by atoms with Crippen LogP contribution in [0.5, 0.6) is 0 Å². The Morgan fingerprint density at radius 2 is 1.09 bits per heavy atom. The van der Waals surface area contributed by atoms with Gasteiger partial charge in [0, 0.05) is 52.2 Å². The van der Waals surface area contributed by atoms with E-state index in [2.05, 4.69) is 101 Å². The Kier molecular flexibility index (Phi) is 8.34. The molecule has 8 heterocycles. The Balaban J connectivity index is 0.000000138. The lowest BCUT2D eigenvalue weighted by Crippen LogP contribution is -2.03. The lowest BCUT2D eigenvalue weighted by atomic mass is 10.1. The summed E-state index contributed by atoms with van der Waals surface area (Å²) < 4.78 is 3.66. The second kappa shape index (κ2) is 14.1. The zero-order valence-electron chi connectivity index (χ0n) is 29.6.